The number of amides is 1. The molecule has 4 aromatic rings. The molecule has 0 spiro atoms. The van der Waals surface area contributed by atoms with E-state index in [4.69, 9.17) is 39.7 Å². The smallest absolute Gasteiger partial charge is 0.250 e. The highest BCUT2D eigenvalue weighted by Crippen LogP contribution is 2.63. The van der Waals surface area contributed by atoms with E-state index < -0.39 is 5.91 Å². The van der Waals surface area contributed by atoms with E-state index in [2.05, 4.69) is 20.1 Å². The van der Waals surface area contributed by atoms with Crippen molar-refractivity contribution in [1.29, 1.82) is 0 Å². The molecule has 6 rings (SSSR count). The predicted molar refractivity (Wildman–Crippen MR) is 137 cm³/mol. The summed E-state index contributed by atoms with van der Waals surface area (Å²) in [5, 5.41) is 7.49. The molecule has 1 amide bonds. The third-order valence-electron chi connectivity index (χ3n) is 7.72. The number of carbonyl (C=O) groups excluding carboxylic acids is 1. The number of carbonyl (C=O) groups is 1. The summed E-state index contributed by atoms with van der Waals surface area (Å²) in [4.78, 5) is 23.1. The van der Waals surface area contributed by atoms with Crippen LogP contribution >= 0.6 is 23.2 Å². The van der Waals surface area contributed by atoms with E-state index in [9.17, 15) is 9.18 Å². The minimum atomic E-state index is -0.669. The molecule has 3 heterocycles. The summed E-state index contributed by atoms with van der Waals surface area (Å²) in [7, 11) is 0. The van der Waals surface area contributed by atoms with Crippen LogP contribution < -0.4 is 16.4 Å². The molecule has 2 aromatic carbocycles. The first kappa shape index (κ1) is 23.1. The highest BCUT2D eigenvalue weighted by atomic mass is 35.5. The number of halogens is 3. The van der Waals surface area contributed by atoms with Crippen molar-refractivity contribution in [1.82, 2.24) is 20.2 Å². The molecule has 3 atom stereocenters. The Bertz CT molecular complexity index is 1530. The zero-order chi connectivity index (χ0) is 25.2. The van der Waals surface area contributed by atoms with Gasteiger partial charge >= 0.3 is 0 Å². The summed E-state index contributed by atoms with van der Waals surface area (Å²) in [6, 6.07) is 10.1. The number of fused-ring (bicyclic) bond motifs is 2. The van der Waals surface area contributed by atoms with E-state index in [1.807, 2.05) is 12.1 Å². The molecule has 36 heavy (non-hydrogen) atoms. The van der Waals surface area contributed by atoms with Gasteiger partial charge in [0.2, 0.25) is 5.91 Å². The lowest BCUT2D eigenvalue weighted by Gasteiger charge is -2.26. The molecule has 11 heteroatoms. The molecule has 2 fully saturated rings. The Morgan fingerprint density at radius 1 is 1.19 bits per heavy atom. The van der Waals surface area contributed by atoms with Gasteiger partial charge in [-0.05, 0) is 36.0 Å². The third-order valence-corrected chi connectivity index (χ3v) is 8.61. The molecule has 1 saturated carbocycles. The summed E-state index contributed by atoms with van der Waals surface area (Å²) >= 11 is 12.7. The van der Waals surface area contributed by atoms with Crippen LogP contribution in [0.5, 0.6) is 0 Å². The average Bonchev–Trinajstić information content (AvgIpc) is 3.34. The van der Waals surface area contributed by atoms with E-state index in [1.165, 1.54) is 12.1 Å². The van der Waals surface area contributed by atoms with Crippen LogP contribution in [0.25, 0.3) is 22.4 Å². The fraction of sp³-hybridized carbons (Fsp3) is 0.280. The first-order valence-electron chi connectivity index (χ1n) is 11.6. The Balaban J connectivity index is 1.29. The summed E-state index contributed by atoms with van der Waals surface area (Å²) in [6.07, 6.45) is 2.59. The lowest BCUT2D eigenvalue weighted by atomic mass is 9.91. The lowest BCUT2D eigenvalue weighted by Crippen LogP contribution is -2.32. The van der Waals surface area contributed by atoms with Crippen LogP contribution in [0.2, 0.25) is 10.0 Å². The monoisotopic (exact) mass is 525 g/mol. The Kier molecular flexibility index (Phi) is 5.40. The minimum absolute atomic E-state index is 0.0629. The fourth-order valence-electron chi connectivity index (χ4n) is 5.89. The van der Waals surface area contributed by atoms with Crippen molar-refractivity contribution in [2.75, 3.05) is 24.5 Å². The van der Waals surface area contributed by atoms with Gasteiger partial charge in [0.1, 0.15) is 22.8 Å². The van der Waals surface area contributed by atoms with E-state index in [0.717, 1.165) is 13.0 Å². The minimum Gasteiger partial charge on any atom is -0.366 e. The van der Waals surface area contributed by atoms with Crippen LogP contribution in [0.3, 0.4) is 0 Å². The molecule has 1 saturated heterocycles. The van der Waals surface area contributed by atoms with Gasteiger partial charge in [0, 0.05) is 30.6 Å². The van der Waals surface area contributed by atoms with Gasteiger partial charge in [-0.15, -0.1) is 0 Å². The number of hydrogen-bond acceptors (Lipinski definition) is 6. The van der Waals surface area contributed by atoms with E-state index in [-0.39, 0.29) is 32.8 Å². The SMILES string of the molecule is NC[C@]1(c2ccccc2F)[C@@H]2CCN(c3cnc4c(-c5ccc(C(N)=O)c(Cl)c5Cl)n[nH]c4n3)C[C@@H]21. The Morgan fingerprint density at radius 3 is 2.75 bits per heavy atom. The molecular weight excluding hydrogens is 504 g/mol. The molecule has 0 radical (unpaired) electrons. The summed E-state index contributed by atoms with van der Waals surface area (Å²) in [6.45, 7) is 1.89. The molecule has 5 N–H and O–H groups in total. The second-order valence-corrected chi connectivity index (χ2v) is 10.1. The Morgan fingerprint density at radius 2 is 2.00 bits per heavy atom. The molecule has 8 nitrogen and oxygen atoms in total. The predicted octanol–water partition coefficient (Wildman–Crippen LogP) is 3.92. The van der Waals surface area contributed by atoms with Gasteiger partial charge in [-0.1, -0.05) is 47.5 Å². The quantitative estimate of drug-likeness (QED) is 0.362. The van der Waals surface area contributed by atoms with Crippen molar-refractivity contribution in [2.24, 2.45) is 23.3 Å². The number of piperidine rings is 1. The van der Waals surface area contributed by atoms with E-state index >= 15 is 0 Å². The number of aromatic nitrogens is 4. The third kappa shape index (κ3) is 3.30. The molecular formula is C25H22Cl2FN7O. The number of H-pyrrole nitrogens is 1. The number of benzene rings is 2. The highest BCUT2D eigenvalue weighted by Gasteiger charge is 2.66. The van der Waals surface area contributed by atoms with Gasteiger partial charge in [-0.25, -0.2) is 14.4 Å². The average molecular weight is 526 g/mol. The first-order chi connectivity index (χ1) is 17.4. The Labute approximate surface area is 215 Å². The maximum absolute atomic E-state index is 14.7. The van der Waals surface area contributed by atoms with Gasteiger partial charge in [0.15, 0.2) is 5.65 Å². The normalized spacial score (nSPS) is 23.1. The standard InChI is InChI=1S/C25H22Cl2FN7O/c26-19-12(5-6-13(20(19)27)23(30)36)21-22-24(34-33-21)32-18(9-31-22)35-8-7-14-16(10-35)25(14,11-29)15-3-1-2-4-17(15)28/h1-6,9,14,16H,7-8,10-11,29H2,(H2,30,36)(H,32,33,34)/t14-,16+,25-/m1/s1. The van der Waals surface area contributed by atoms with E-state index in [0.29, 0.717) is 52.8 Å². The molecule has 1 aliphatic heterocycles. The zero-order valence-corrected chi connectivity index (χ0v) is 20.5. The van der Waals surface area contributed by atoms with Crippen LogP contribution in [-0.4, -0.2) is 45.7 Å². The number of nitrogens with two attached hydrogens (primary N) is 2. The molecule has 2 aromatic heterocycles. The van der Waals surface area contributed by atoms with Crippen LogP contribution in [0, 0.1) is 17.7 Å². The summed E-state index contributed by atoms with van der Waals surface area (Å²) in [5.74, 6) is 0.431. The molecule has 1 aliphatic carbocycles. The van der Waals surface area contributed by atoms with Crippen molar-refractivity contribution >= 4 is 46.1 Å². The zero-order valence-electron chi connectivity index (χ0n) is 19.0. The van der Waals surface area contributed by atoms with Gasteiger partial charge in [-0.3, -0.25) is 9.89 Å². The number of nitrogens with one attached hydrogen (secondary N) is 1. The van der Waals surface area contributed by atoms with Crippen molar-refractivity contribution in [3.63, 3.8) is 0 Å². The summed E-state index contributed by atoms with van der Waals surface area (Å²) in [5.41, 5.74) is 14.1. The number of hydrogen-bond donors (Lipinski definition) is 3. The lowest BCUT2D eigenvalue weighted by molar-refractivity contribution is 0.100. The topological polar surface area (TPSA) is 127 Å². The maximum Gasteiger partial charge on any atom is 0.250 e. The second-order valence-electron chi connectivity index (χ2n) is 9.32. The van der Waals surface area contributed by atoms with Gasteiger partial charge in [0.25, 0.3) is 0 Å². The van der Waals surface area contributed by atoms with Crippen molar-refractivity contribution < 1.29 is 9.18 Å². The first-order valence-corrected chi connectivity index (χ1v) is 12.3. The molecule has 0 unspecified atom stereocenters. The van der Waals surface area contributed by atoms with Crippen molar-refractivity contribution in [2.45, 2.75) is 11.8 Å². The van der Waals surface area contributed by atoms with Crippen LogP contribution in [-0.2, 0) is 5.41 Å². The number of nitrogens with zero attached hydrogens (tertiary/aromatic N) is 4. The van der Waals surface area contributed by atoms with Crippen molar-refractivity contribution in [3.8, 4) is 11.3 Å². The number of aromatic amines is 1. The fourth-order valence-corrected chi connectivity index (χ4v) is 6.40. The summed E-state index contributed by atoms with van der Waals surface area (Å²) < 4.78 is 14.7. The van der Waals surface area contributed by atoms with Gasteiger partial charge in [-0.2, -0.15) is 5.10 Å². The molecule has 184 valence electrons. The van der Waals surface area contributed by atoms with Crippen LogP contribution in [0.1, 0.15) is 22.3 Å². The molecule has 0 bridgehead atoms. The second kappa shape index (κ2) is 8.40. The Hall–Kier alpha value is -3.27. The van der Waals surface area contributed by atoms with Gasteiger partial charge in [0.05, 0.1) is 21.8 Å². The largest absolute Gasteiger partial charge is 0.366 e. The van der Waals surface area contributed by atoms with Crippen molar-refractivity contribution in [3.05, 3.63) is 69.6 Å². The molecule has 2 aliphatic rings. The van der Waals surface area contributed by atoms with Crippen LogP contribution in [0.4, 0.5) is 10.2 Å². The number of primary amides is 1. The van der Waals surface area contributed by atoms with Gasteiger partial charge < -0.3 is 16.4 Å². The highest BCUT2D eigenvalue weighted by molar-refractivity contribution is 6.45. The number of anilines is 1. The van der Waals surface area contributed by atoms with Crippen LogP contribution in [0.15, 0.2) is 42.6 Å². The maximum atomic E-state index is 14.7. The van der Waals surface area contributed by atoms with E-state index in [1.54, 1.807) is 18.3 Å². The number of rotatable bonds is 5.